The van der Waals surface area contributed by atoms with Crippen molar-refractivity contribution < 1.29 is 22.5 Å². The monoisotopic (exact) mass is 449 g/mol. The third-order valence-electron chi connectivity index (χ3n) is 5.22. The summed E-state index contributed by atoms with van der Waals surface area (Å²) in [6.07, 6.45) is -0.578. The van der Waals surface area contributed by atoms with Crippen LogP contribution >= 0.6 is 0 Å². The van der Waals surface area contributed by atoms with Gasteiger partial charge in [0, 0.05) is 31.4 Å². The smallest absolute Gasteiger partial charge is 0.339 e. The van der Waals surface area contributed by atoms with E-state index in [0.29, 0.717) is 11.9 Å². The average molecular weight is 449 g/mol. The quantitative estimate of drug-likeness (QED) is 0.617. The maximum absolute atomic E-state index is 12.8. The predicted molar refractivity (Wildman–Crippen MR) is 106 cm³/mol. The fraction of sp³-hybridized carbons (Fsp3) is 0.450. The van der Waals surface area contributed by atoms with Gasteiger partial charge in [0.05, 0.1) is 5.69 Å². The van der Waals surface area contributed by atoms with Crippen molar-refractivity contribution in [1.82, 2.24) is 35.1 Å². The Bertz CT molecular complexity index is 1100. The molecule has 1 amide bonds. The van der Waals surface area contributed by atoms with Gasteiger partial charge in [-0.05, 0) is 45.0 Å². The highest BCUT2D eigenvalue weighted by molar-refractivity contribution is 5.92. The minimum atomic E-state index is -4.64. The third kappa shape index (κ3) is 4.79. The Labute approximate surface area is 181 Å². The summed E-state index contributed by atoms with van der Waals surface area (Å²) in [4.78, 5) is 23.5. The molecule has 0 aromatic carbocycles. The van der Waals surface area contributed by atoms with Crippen LogP contribution in [0.5, 0.6) is 0 Å². The van der Waals surface area contributed by atoms with Gasteiger partial charge in [0.2, 0.25) is 11.7 Å². The lowest BCUT2D eigenvalue weighted by Gasteiger charge is -2.13. The van der Waals surface area contributed by atoms with E-state index in [1.165, 1.54) is 19.9 Å². The number of hydrogen-bond acceptors (Lipinski definition) is 7. The summed E-state index contributed by atoms with van der Waals surface area (Å²) in [5, 5.41) is 9.87. The summed E-state index contributed by atoms with van der Waals surface area (Å²) in [6.45, 7) is 4.45. The summed E-state index contributed by atoms with van der Waals surface area (Å²) in [5.41, 5.74) is 0.253. The van der Waals surface area contributed by atoms with E-state index in [0.717, 1.165) is 35.6 Å². The number of pyridine rings is 1. The molecule has 4 heterocycles. The summed E-state index contributed by atoms with van der Waals surface area (Å²) < 4.78 is 44.6. The molecule has 3 aromatic heterocycles. The number of alkyl halides is 3. The van der Waals surface area contributed by atoms with Gasteiger partial charge < -0.3 is 9.84 Å². The minimum Gasteiger partial charge on any atom is -0.339 e. The van der Waals surface area contributed by atoms with Crippen molar-refractivity contribution in [2.45, 2.75) is 38.5 Å². The van der Waals surface area contributed by atoms with Crippen molar-refractivity contribution in [1.29, 1.82) is 0 Å². The fourth-order valence-corrected chi connectivity index (χ4v) is 3.55. The van der Waals surface area contributed by atoms with Gasteiger partial charge in [0.1, 0.15) is 11.7 Å². The fourth-order valence-electron chi connectivity index (χ4n) is 3.55. The minimum absolute atomic E-state index is 0.129. The maximum atomic E-state index is 12.8. The van der Waals surface area contributed by atoms with Crippen LogP contribution in [0.25, 0.3) is 11.4 Å². The Morgan fingerprint density at radius 2 is 2.03 bits per heavy atom. The first-order valence-electron chi connectivity index (χ1n) is 10.1. The van der Waals surface area contributed by atoms with Gasteiger partial charge in [-0.25, -0.2) is 0 Å². The van der Waals surface area contributed by atoms with Crippen molar-refractivity contribution in [3.63, 3.8) is 0 Å². The molecule has 0 aliphatic carbocycles. The van der Waals surface area contributed by atoms with E-state index < -0.39 is 23.8 Å². The molecule has 9 nitrogen and oxygen atoms in total. The number of likely N-dealkylation sites (tertiary alicyclic amines) is 1. The van der Waals surface area contributed by atoms with E-state index >= 15 is 0 Å². The van der Waals surface area contributed by atoms with Crippen LogP contribution < -0.4 is 5.32 Å². The Hall–Kier alpha value is -3.28. The third-order valence-corrected chi connectivity index (χ3v) is 5.22. The molecule has 12 heteroatoms. The van der Waals surface area contributed by atoms with Crippen LogP contribution in [0.15, 0.2) is 28.9 Å². The number of nitrogens with zero attached hydrogens (tertiary/aromatic N) is 6. The molecule has 1 aliphatic rings. The average Bonchev–Trinajstić information content (AvgIpc) is 3.48. The van der Waals surface area contributed by atoms with Gasteiger partial charge in [-0.15, -0.1) is 0 Å². The van der Waals surface area contributed by atoms with E-state index in [-0.39, 0.29) is 11.6 Å². The van der Waals surface area contributed by atoms with Crippen molar-refractivity contribution in [2.24, 2.45) is 7.05 Å². The normalized spacial score (nSPS) is 15.8. The maximum Gasteiger partial charge on any atom is 0.435 e. The Morgan fingerprint density at radius 1 is 1.28 bits per heavy atom. The van der Waals surface area contributed by atoms with E-state index in [2.05, 4.69) is 30.4 Å². The molecule has 1 N–H and O–H groups in total. The zero-order valence-corrected chi connectivity index (χ0v) is 17.6. The van der Waals surface area contributed by atoms with Crippen molar-refractivity contribution in [2.75, 3.05) is 13.1 Å². The number of nitrogens with one attached hydrogen (secondary N) is 1. The highest BCUT2D eigenvalue weighted by Gasteiger charge is 2.35. The largest absolute Gasteiger partial charge is 0.435 e. The van der Waals surface area contributed by atoms with Crippen LogP contribution in [0.4, 0.5) is 13.2 Å². The van der Waals surface area contributed by atoms with Crippen LogP contribution in [0.3, 0.4) is 0 Å². The first-order chi connectivity index (χ1) is 15.2. The number of rotatable bonds is 6. The molecule has 0 radical (unpaired) electrons. The van der Waals surface area contributed by atoms with Gasteiger partial charge >= 0.3 is 6.18 Å². The number of carbonyl (C=O) groups is 1. The molecular weight excluding hydrogens is 427 g/mol. The Balaban J connectivity index is 1.44. The van der Waals surface area contributed by atoms with Crippen LogP contribution in [0.2, 0.25) is 0 Å². The number of hydrogen-bond donors (Lipinski definition) is 1. The van der Waals surface area contributed by atoms with E-state index in [1.54, 1.807) is 19.2 Å². The van der Waals surface area contributed by atoms with Crippen LogP contribution in [0, 0.1) is 0 Å². The standard InChI is InChI=1S/C20H22F3N7O2/c1-12(25-18(31)15-10-16(20(21,22)23)27-29(15)2)19-26-17(28-32-19)13-5-6-24-14(9-13)11-30-7-3-4-8-30/h5-6,9-10,12H,3-4,7-8,11H2,1-2H3,(H,25,31)/t12-/m0/s1. The first-order valence-corrected chi connectivity index (χ1v) is 10.1. The summed E-state index contributed by atoms with van der Waals surface area (Å²) in [5.74, 6) is -0.268. The molecule has 170 valence electrons. The number of aromatic nitrogens is 5. The summed E-state index contributed by atoms with van der Waals surface area (Å²) in [6, 6.07) is 3.63. The first kappa shape index (κ1) is 21.9. The number of amides is 1. The zero-order valence-electron chi connectivity index (χ0n) is 17.6. The van der Waals surface area contributed by atoms with Gasteiger partial charge in [0.15, 0.2) is 5.69 Å². The molecule has 4 rings (SSSR count). The highest BCUT2D eigenvalue weighted by Crippen LogP contribution is 2.28. The summed E-state index contributed by atoms with van der Waals surface area (Å²) >= 11 is 0. The van der Waals surface area contributed by atoms with Gasteiger partial charge in [-0.3, -0.25) is 19.4 Å². The highest BCUT2D eigenvalue weighted by atomic mass is 19.4. The lowest BCUT2D eigenvalue weighted by molar-refractivity contribution is -0.141. The molecule has 1 fully saturated rings. The molecule has 0 saturated carbocycles. The summed E-state index contributed by atoms with van der Waals surface area (Å²) in [7, 11) is 1.27. The molecule has 0 unspecified atom stereocenters. The molecule has 0 bridgehead atoms. The lowest BCUT2D eigenvalue weighted by atomic mass is 10.2. The van der Waals surface area contributed by atoms with Crippen molar-refractivity contribution in [3.05, 3.63) is 47.4 Å². The molecule has 1 aliphatic heterocycles. The second-order valence-electron chi connectivity index (χ2n) is 7.71. The van der Waals surface area contributed by atoms with Gasteiger partial charge in [-0.1, -0.05) is 5.16 Å². The second kappa shape index (κ2) is 8.69. The van der Waals surface area contributed by atoms with E-state index in [1.807, 2.05) is 6.07 Å². The molecule has 1 saturated heterocycles. The molecule has 1 atom stereocenters. The molecule has 32 heavy (non-hydrogen) atoms. The predicted octanol–water partition coefficient (Wildman–Crippen LogP) is 2.97. The number of carbonyl (C=O) groups excluding carboxylic acids is 1. The molecule has 0 spiro atoms. The molecular formula is C20H22F3N7O2. The number of aryl methyl sites for hydroxylation is 1. The Morgan fingerprint density at radius 3 is 2.72 bits per heavy atom. The molecule has 3 aromatic rings. The van der Waals surface area contributed by atoms with E-state index in [9.17, 15) is 18.0 Å². The van der Waals surface area contributed by atoms with Gasteiger partial charge in [0.25, 0.3) is 5.91 Å². The van der Waals surface area contributed by atoms with Crippen LogP contribution in [-0.4, -0.2) is 48.8 Å². The van der Waals surface area contributed by atoms with Crippen LogP contribution in [-0.2, 0) is 19.8 Å². The topological polar surface area (TPSA) is 102 Å². The zero-order chi connectivity index (χ0) is 22.9. The van der Waals surface area contributed by atoms with Crippen molar-refractivity contribution >= 4 is 5.91 Å². The second-order valence-corrected chi connectivity index (χ2v) is 7.71. The number of halogens is 3. The lowest BCUT2D eigenvalue weighted by Crippen LogP contribution is -2.28. The Kier molecular flexibility index (Phi) is 5.96. The van der Waals surface area contributed by atoms with Crippen LogP contribution in [0.1, 0.15) is 53.6 Å². The van der Waals surface area contributed by atoms with Crippen molar-refractivity contribution in [3.8, 4) is 11.4 Å². The van der Waals surface area contributed by atoms with Gasteiger partial charge in [-0.2, -0.15) is 23.3 Å². The van der Waals surface area contributed by atoms with E-state index in [4.69, 9.17) is 4.52 Å². The SMILES string of the molecule is C[C@H](NC(=O)c1cc(C(F)(F)F)nn1C)c1nc(-c2ccnc(CN3CCCC3)c2)no1.